The van der Waals surface area contributed by atoms with Crippen LogP contribution in [0.25, 0.3) is 10.2 Å². The molecule has 3 aromatic rings. The number of thiophene rings is 1. The summed E-state index contributed by atoms with van der Waals surface area (Å²) in [6, 6.07) is 9.81. The minimum absolute atomic E-state index is 0.00438. The number of nitrogens with one attached hydrogen (secondary N) is 1. The fraction of sp³-hybridized carbons (Fsp3) is 0.278. The standard InChI is InChI=1S/C18H18ClN3OS2/c1-2-14-9-15-17(21-11-22-18(15)25-14)24-10-16(23)20-7-6-12-4-3-5-13(19)8-12/h3-5,8-9,11H,2,6-7,10H2,1H3,(H,20,23). The van der Waals surface area contributed by atoms with Crippen LogP contribution in [0.5, 0.6) is 0 Å². The predicted octanol–water partition coefficient (Wildman–Crippen LogP) is 4.36. The maximum Gasteiger partial charge on any atom is 0.230 e. The average molecular weight is 392 g/mol. The lowest BCUT2D eigenvalue weighted by Gasteiger charge is -2.06. The lowest BCUT2D eigenvalue weighted by molar-refractivity contribution is -0.118. The van der Waals surface area contributed by atoms with E-state index in [0.717, 1.165) is 38.7 Å². The number of thioether (sulfide) groups is 1. The van der Waals surface area contributed by atoms with E-state index >= 15 is 0 Å². The summed E-state index contributed by atoms with van der Waals surface area (Å²) in [4.78, 5) is 23.0. The van der Waals surface area contributed by atoms with Crippen molar-refractivity contribution in [2.24, 2.45) is 0 Å². The van der Waals surface area contributed by atoms with Crippen LogP contribution in [0, 0.1) is 0 Å². The number of rotatable bonds is 7. The molecule has 25 heavy (non-hydrogen) atoms. The topological polar surface area (TPSA) is 54.9 Å². The number of aromatic nitrogens is 2. The van der Waals surface area contributed by atoms with Gasteiger partial charge < -0.3 is 5.32 Å². The Labute approximate surface area is 160 Å². The molecule has 0 radical (unpaired) electrons. The Kier molecular flexibility index (Phi) is 6.29. The highest BCUT2D eigenvalue weighted by atomic mass is 35.5. The molecule has 0 aliphatic heterocycles. The van der Waals surface area contributed by atoms with Crippen LogP contribution in [0.2, 0.25) is 5.02 Å². The van der Waals surface area contributed by atoms with Crippen molar-refractivity contribution in [3.63, 3.8) is 0 Å². The number of halogens is 1. The summed E-state index contributed by atoms with van der Waals surface area (Å²) >= 11 is 9.10. The fourth-order valence-corrected chi connectivity index (χ4v) is 4.41. The van der Waals surface area contributed by atoms with Gasteiger partial charge in [0.1, 0.15) is 16.2 Å². The summed E-state index contributed by atoms with van der Waals surface area (Å²) in [6.45, 7) is 2.72. The van der Waals surface area contributed by atoms with E-state index in [4.69, 9.17) is 11.6 Å². The van der Waals surface area contributed by atoms with Crippen molar-refractivity contribution >= 4 is 50.8 Å². The van der Waals surface area contributed by atoms with Crippen molar-refractivity contribution in [3.05, 3.63) is 52.1 Å². The van der Waals surface area contributed by atoms with Gasteiger partial charge in [0.05, 0.1) is 5.75 Å². The molecule has 130 valence electrons. The number of amides is 1. The minimum Gasteiger partial charge on any atom is -0.355 e. The molecule has 0 fully saturated rings. The Morgan fingerprint density at radius 1 is 1.32 bits per heavy atom. The molecule has 1 aromatic carbocycles. The summed E-state index contributed by atoms with van der Waals surface area (Å²) < 4.78 is 0. The number of aryl methyl sites for hydroxylation is 1. The molecule has 0 atom stereocenters. The first kappa shape index (κ1) is 18.2. The molecular weight excluding hydrogens is 374 g/mol. The molecular formula is C18H18ClN3OS2. The Hall–Kier alpha value is -1.63. The normalized spacial score (nSPS) is 11.0. The largest absolute Gasteiger partial charge is 0.355 e. The van der Waals surface area contributed by atoms with Crippen molar-refractivity contribution in [1.82, 2.24) is 15.3 Å². The molecule has 7 heteroatoms. The molecule has 0 saturated carbocycles. The molecule has 0 aliphatic carbocycles. The van der Waals surface area contributed by atoms with Gasteiger partial charge >= 0.3 is 0 Å². The summed E-state index contributed by atoms with van der Waals surface area (Å²) in [6.07, 6.45) is 3.31. The van der Waals surface area contributed by atoms with Crippen molar-refractivity contribution < 1.29 is 4.79 Å². The van der Waals surface area contributed by atoms with E-state index in [2.05, 4.69) is 28.3 Å². The third-order valence-corrected chi connectivity index (χ3v) is 6.08. The lowest BCUT2D eigenvalue weighted by Crippen LogP contribution is -2.27. The van der Waals surface area contributed by atoms with Crippen LogP contribution in [0.4, 0.5) is 0 Å². The first-order chi connectivity index (χ1) is 12.2. The van der Waals surface area contributed by atoms with Crippen molar-refractivity contribution in [1.29, 1.82) is 0 Å². The van der Waals surface area contributed by atoms with E-state index in [1.807, 2.05) is 24.3 Å². The second kappa shape index (κ2) is 8.65. The van der Waals surface area contributed by atoms with Crippen molar-refractivity contribution in [2.75, 3.05) is 12.3 Å². The summed E-state index contributed by atoms with van der Waals surface area (Å²) in [5, 5.41) is 5.57. The summed E-state index contributed by atoms with van der Waals surface area (Å²) in [5.74, 6) is 0.351. The van der Waals surface area contributed by atoms with Crippen LogP contribution in [-0.4, -0.2) is 28.2 Å². The molecule has 4 nitrogen and oxygen atoms in total. The van der Waals surface area contributed by atoms with E-state index in [-0.39, 0.29) is 5.91 Å². The zero-order valence-electron chi connectivity index (χ0n) is 13.8. The van der Waals surface area contributed by atoms with Gasteiger partial charge in [0, 0.05) is 21.8 Å². The van der Waals surface area contributed by atoms with E-state index in [1.165, 1.54) is 16.6 Å². The number of carbonyl (C=O) groups is 1. The van der Waals surface area contributed by atoms with Crippen LogP contribution < -0.4 is 5.32 Å². The van der Waals surface area contributed by atoms with Gasteiger partial charge in [0.15, 0.2) is 0 Å². The SMILES string of the molecule is CCc1cc2c(SCC(=O)NCCc3cccc(Cl)c3)ncnc2s1. The van der Waals surface area contributed by atoms with Crippen LogP contribution in [0.3, 0.4) is 0 Å². The number of fused-ring (bicyclic) bond motifs is 1. The highest BCUT2D eigenvalue weighted by Gasteiger charge is 2.10. The molecule has 2 aromatic heterocycles. The van der Waals surface area contributed by atoms with Gasteiger partial charge in [-0.2, -0.15) is 0 Å². The molecule has 0 aliphatic rings. The molecule has 1 N–H and O–H groups in total. The second-order valence-corrected chi connectivity index (χ2v) is 8.00. The highest BCUT2D eigenvalue weighted by molar-refractivity contribution is 8.00. The molecule has 1 amide bonds. The van der Waals surface area contributed by atoms with E-state index in [1.54, 1.807) is 17.7 Å². The van der Waals surface area contributed by atoms with Crippen LogP contribution in [0.15, 0.2) is 41.7 Å². The van der Waals surface area contributed by atoms with E-state index in [0.29, 0.717) is 12.3 Å². The number of hydrogen-bond donors (Lipinski definition) is 1. The molecule has 2 heterocycles. The number of nitrogens with zero attached hydrogens (tertiary/aromatic N) is 2. The van der Waals surface area contributed by atoms with Gasteiger partial charge in [0.2, 0.25) is 5.91 Å². The zero-order chi connectivity index (χ0) is 17.6. The number of carbonyl (C=O) groups excluding carboxylic acids is 1. The van der Waals surface area contributed by atoms with Gasteiger partial charge in [-0.1, -0.05) is 42.4 Å². The van der Waals surface area contributed by atoms with Crippen LogP contribution in [-0.2, 0) is 17.6 Å². The van der Waals surface area contributed by atoms with Gasteiger partial charge in [-0.05, 0) is 36.6 Å². The number of benzene rings is 1. The third kappa shape index (κ3) is 4.93. The summed E-state index contributed by atoms with van der Waals surface area (Å²) in [5.41, 5.74) is 1.11. The minimum atomic E-state index is 0.00438. The Morgan fingerprint density at radius 2 is 2.20 bits per heavy atom. The maximum absolute atomic E-state index is 12.1. The Balaban J connectivity index is 1.51. The lowest BCUT2D eigenvalue weighted by atomic mass is 10.1. The van der Waals surface area contributed by atoms with Gasteiger partial charge in [-0.25, -0.2) is 9.97 Å². The van der Waals surface area contributed by atoms with Gasteiger partial charge in [-0.3, -0.25) is 4.79 Å². The second-order valence-electron chi connectivity index (χ2n) is 5.48. The molecule has 0 unspecified atom stereocenters. The Morgan fingerprint density at radius 3 is 3.00 bits per heavy atom. The van der Waals surface area contributed by atoms with Gasteiger partial charge in [0.25, 0.3) is 0 Å². The highest BCUT2D eigenvalue weighted by Crippen LogP contribution is 2.30. The average Bonchev–Trinajstić information content (AvgIpc) is 3.04. The maximum atomic E-state index is 12.1. The van der Waals surface area contributed by atoms with E-state index < -0.39 is 0 Å². The monoisotopic (exact) mass is 391 g/mol. The summed E-state index contributed by atoms with van der Waals surface area (Å²) in [7, 11) is 0. The third-order valence-electron chi connectivity index (χ3n) is 3.66. The zero-order valence-corrected chi connectivity index (χ0v) is 16.2. The molecule has 0 saturated heterocycles. The fourth-order valence-electron chi connectivity index (χ4n) is 2.40. The molecule has 3 rings (SSSR count). The Bertz CT molecular complexity index is 882. The van der Waals surface area contributed by atoms with Crippen molar-refractivity contribution in [2.45, 2.75) is 24.8 Å². The number of hydrogen-bond acceptors (Lipinski definition) is 5. The van der Waals surface area contributed by atoms with E-state index in [9.17, 15) is 4.79 Å². The predicted molar refractivity (Wildman–Crippen MR) is 106 cm³/mol. The van der Waals surface area contributed by atoms with Gasteiger partial charge in [-0.15, -0.1) is 11.3 Å². The van der Waals surface area contributed by atoms with Crippen LogP contribution >= 0.6 is 34.7 Å². The molecule has 0 spiro atoms. The quantitative estimate of drug-likeness (QED) is 0.480. The smallest absolute Gasteiger partial charge is 0.230 e. The first-order valence-electron chi connectivity index (χ1n) is 8.03. The molecule has 0 bridgehead atoms. The van der Waals surface area contributed by atoms with Crippen LogP contribution in [0.1, 0.15) is 17.4 Å². The first-order valence-corrected chi connectivity index (χ1v) is 10.2. The van der Waals surface area contributed by atoms with Crippen molar-refractivity contribution in [3.8, 4) is 0 Å².